The lowest BCUT2D eigenvalue weighted by Crippen LogP contribution is -1.88. The molecule has 0 saturated carbocycles. The number of rotatable bonds is 2. The van der Waals surface area contributed by atoms with E-state index in [0.717, 1.165) is 16.7 Å². The van der Waals surface area contributed by atoms with Crippen LogP contribution in [0, 0.1) is 11.3 Å². The maximum atomic E-state index is 8.74. The molecule has 0 amide bonds. The van der Waals surface area contributed by atoms with Crippen LogP contribution in [0.25, 0.3) is 5.57 Å². The van der Waals surface area contributed by atoms with Gasteiger partial charge in [0.1, 0.15) is 0 Å². The van der Waals surface area contributed by atoms with Gasteiger partial charge in [0.05, 0.1) is 6.07 Å². The van der Waals surface area contributed by atoms with Gasteiger partial charge in [-0.05, 0) is 36.6 Å². The zero-order valence-corrected chi connectivity index (χ0v) is 8.41. The molecule has 0 aliphatic heterocycles. The van der Waals surface area contributed by atoms with Gasteiger partial charge in [-0.2, -0.15) is 5.26 Å². The first-order valence-electron chi connectivity index (χ1n) is 4.34. The molecule has 1 aromatic rings. The van der Waals surface area contributed by atoms with Crippen molar-refractivity contribution in [3.63, 3.8) is 0 Å². The van der Waals surface area contributed by atoms with Crippen molar-refractivity contribution in [2.75, 3.05) is 0 Å². The number of hydrogen-bond donors (Lipinski definition) is 0. The number of pyridine rings is 1. The largest absolute Gasteiger partial charge is 0.264 e. The third-order valence-electron chi connectivity index (χ3n) is 2.19. The van der Waals surface area contributed by atoms with Gasteiger partial charge in [0.25, 0.3) is 0 Å². The van der Waals surface area contributed by atoms with Crippen LogP contribution in [0.2, 0.25) is 0 Å². The van der Waals surface area contributed by atoms with Gasteiger partial charge in [0, 0.05) is 18.0 Å². The van der Waals surface area contributed by atoms with Gasteiger partial charge < -0.3 is 0 Å². The number of aromatic nitrogens is 1. The Kier molecular flexibility index (Phi) is 3.19. The maximum Gasteiger partial charge on any atom is 0.0947 e. The maximum absolute atomic E-state index is 8.74. The molecule has 2 heteroatoms. The molecular weight excluding hydrogens is 172 g/mol. The van der Waals surface area contributed by atoms with E-state index >= 15 is 0 Å². The summed E-state index contributed by atoms with van der Waals surface area (Å²) in [5, 5.41) is 8.74. The summed E-state index contributed by atoms with van der Waals surface area (Å²) in [5.74, 6) is 0. The summed E-state index contributed by atoms with van der Waals surface area (Å²) in [6.07, 6.45) is 3.46. The fourth-order valence-electron chi connectivity index (χ4n) is 1.07. The zero-order valence-electron chi connectivity index (χ0n) is 8.41. The van der Waals surface area contributed by atoms with E-state index in [2.05, 4.69) is 17.6 Å². The molecule has 0 aliphatic rings. The van der Waals surface area contributed by atoms with E-state index in [0.29, 0.717) is 5.57 Å². The summed E-state index contributed by atoms with van der Waals surface area (Å²) in [6, 6.07) is 5.90. The van der Waals surface area contributed by atoms with Crippen LogP contribution >= 0.6 is 0 Å². The first-order valence-corrected chi connectivity index (χ1v) is 4.34. The van der Waals surface area contributed by atoms with Crippen molar-refractivity contribution in [1.82, 2.24) is 4.98 Å². The van der Waals surface area contributed by atoms with Gasteiger partial charge in [-0.25, -0.2) is 0 Å². The Morgan fingerprint density at radius 3 is 2.71 bits per heavy atom. The third kappa shape index (κ3) is 2.08. The molecule has 0 bridgehead atoms. The minimum Gasteiger partial charge on any atom is -0.264 e. The molecular formula is C12H12N2. The fourth-order valence-corrected chi connectivity index (χ4v) is 1.07. The number of allylic oxidation sites excluding steroid dienone is 3. The van der Waals surface area contributed by atoms with Gasteiger partial charge in [-0.3, -0.25) is 4.98 Å². The minimum atomic E-state index is 0.693. The van der Waals surface area contributed by atoms with Gasteiger partial charge in [0.2, 0.25) is 0 Å². The van der Waals surface area contributed by atoms with Gasteiger partial charge in [-0.1, -0.05) is 12.6 Å². The van der Waals surface area contributed by atoms with E-state index in [1.807, 2.05) is 19.1 Å². The second-order valence-electron chi connectivity index (χ2n) is 3.08. The number of hydrogen-bond acceptors (Lipinski definition) is 2. The summed E-state index contributed by atoms with van der Waals surface area (Å²) in [7, 11) is 0. The minimum absolute atomic E-state index is 0.693. The van der Waals surface area contributed by atoms with Crippen LogP contribution in [0.15, 0.2) is 42.3 Å². The van der Waals surface area contributed by atoms with Crippen molar-refractivity contribution in [3.05, 3.63) is 47.8 Å². The molecule has 14 heavy (non-hydrogen) atoms. The van der Waals surface area contributed by atoms with E-state index in [9.17, 15) is 0 Å². The Labute approximate surface area is 84.2 Å². The molecule has 0 saturated heterocycles. The van der Waals surface area contributed by atoms with Crippen molar-refractivity contribution >= 4 is 5.57 Å². The van der Waals surface area contributed by atoms with E-state index in [-0.39, 0.29) is 0 Å². The lowest BCUT2D eigenvalue weighted by atomic mass is 9.99. The van der Waals surface area contributed by atoms with E-state index in [4.69, 9.17) is 5.26 Å². The Bertz CT molecular complexity index is 408. The molecule has 0 spiro atoms. The van der Waals surface area contributed by atoms with E-state index in [1.165, 1.54) is 0 Å². The fraction of sp³-hybridized carbons (Fsp3) is 0.167. The smallest absolute Gasteiger partial charge is 0.0947 e. The molecule has 0 aromatic carbocycles. The molecule has 0 N–H and O–H groups in total. The van der Waals surface area contributed by atoms with Crippen molar-refractivity contribution in [2.45, 2.75) is 13.8 Å². The van der Waals surface area contributed by atoms with Crippen LogP contribution < -0.4 is 0 Å². The monoisotopic (exact) mass is 184 g/mol. The van der Waals surface area contributed by atoms with Gasteiger partial charge in [-0.15, -0.1) is 0 Å². The van der Waals surface area contributed by atoms with E-state index in [1.54, 1.807) is 19.3 Å². The molecule has 1 rings (SSSR count). The summed E-state index contributed by atoms with van der Waals surface area (Å²) >= 11 is 0. The van der Waals surface area contributed by atoms with Crippen LogP contribution in [0.4, 0.5) is 0 Å². The molecule has 0 aliphatic carbocycles. The Balaban J connectivity index is 3.06. The van der Waals surface area contributed by atoms with Crippen LogP contribution in [0.1, 0.15) is 19.4 Å². The molecule has 0 fully saturated rings. The molecule has 0 unspecified atom stereocenters. The summed E-state index contributed by atoms with van der Waals surface area (Å²) < 4.78 is 0. The Hall–Kier alpha value is -1.88. The highest BCUT2D eigenvalue weighted by molar-refractivity contribution is 5.77. The standard InChI is InChI=1S/C12H12N2/c1-9(7-13)10(2)11(3)12-5-4-6-14-8-12/h4-6,8H,3H2,1-2H3/b10-9-. The predicted octanol–water partition coefficient (Wildman–Crippen LogP) is 2.95. The van der Waals surface area contributed by atoms with Crippen molar-refractivity contribution < 1.29 is 0 Å². The quantitative estimate of drug-likeness (QED) is 0.523. The average Bonchev–Trinajstić information content (AvgIpc) is 2.27. The Morgan fingerprint density at radius 2 is 2.21 bits per heavy atom. The van der Waals surface area contributed by atoms with Crippen LogP contribution in [0.5, 0.6) is 0 Å². The molecule has 1 aromatic heterocycles. The highest BCUT2D eigenvalue weighted by atomic mass is 14.6. The lowest BCUT2D eigenvalue weighted by Gasteiger charge is -2.06. The molecule has 0 atom stereocenters. The zero-order chi connectivity index (χ0) is 10.6. The highest BCUT2D eigenvalue weighted by Gasteiger charge is 2.03. The lowest BCUT2D eigenvalue weighted by molar-refractivity contribution is 1.29. The summed E-state index contributed by atoms with van der Waals surface area (Å²) in [4.78, 5) is 4.01. The third-order valence-corrected chi connectivity index (χ3v) is 2.19. The second-order valence-corrected chi connectivity index (χ2v) is 3.08. The molecule has 70 valence electrons. The predicted molar refractivity (Wildman–Crippen MR) is 57.3 cm³/mol. The van der Waals surface area contributed by atoms with Crippen molar-refractivity contribution in [1.29, 1.82) is 5.26 Å². The topological polar surface area (TPSA) is 36.7 Å². The molecule has 0 radical (unpaired) electrons. The van der Waals surface area contributed by atoms with Crippen molar-refractivity contribution in [3.8, 4) is 6.07 Å². The number of nitrogens with zero attached hydrogens (tertiary/aromatic N) is 2. The normalized spacial score (nSPS) is 11.5. The number of nitriles is 1. The second kappa shape index (κ2) is 4.38. The van der Waals surface area contributed by atoms with Crippen LogP contribution in [0.3, 0.4) is 0 Å². The molecule has 1 heterocycles. The summed E-state index contributed by atoms with van der Waals surface area (Å²) in [6.45, 7) is 7.63. The van der Waals surface area contributed by atoms with Gasteiger partial charge in [0.15, 0.2) is 0 Å². The first kappa shape index (κ1) is 10.2. The highest BCUT2D eigenvalue weighted by Crippen LogP contribution is 2.21. The SMILES string of the molecule is C=C(/C(C)=C(/C)C#N)c1cccnc1. The average molecular weight is 184 g/mol. The molecule has 2 nitrogen and oxygen atoms in total. The van der Waals surface area contributed by atoms with Crippen LogP contribution in [-0.2, 0) is 0 Å². The summed E-state index contributed by atoms with van der Waals surface area (Å²) in [5.41, 5.74) is 3.43. The van der Waals surface area contributed by atoms with Crippen LogP contribution in [-0.4, -0.2) is 4.98 Å². The van der Waals surface area contributed by atoms with E-state index < -0.39 is 0 Å². The first-order chi connectivity index (χ1) is 6.66. The van der Waals surface area contributed by atoms with Gasteiger partial charge >= 0.3 is 0 Å². The Morgan fingerprint density at radius 1 is 1.50 bits per heavy atom. The van der Waals surface area contributed by atoms with Crippen molar-refractivity contribution in [2.24, 2.45) is 0 Å².